The van der Waals surface area contributed by atoms with E-state index in [0.717, 1.165) is 22.5 Å². The fourth-order valence-corrected chi connectivity index (χ4v) is 2.67. The summed E-state index contributed by atoms with van der Waals surface area (Å²) < 4.78 is 1.96. The number of halogens is 1. The topological polar surface area (TPSA) is 41.6 Å². The molecule has 0 bridgehead atoms. The summed E-state index contributed by atoms with van der Waals surface area (Å²) in [5.74, 6) is 0.771. The van der Waals surface area contributed by atoms with Crippen LogP contribution >= 0.6 is 11.6 Å². The van der Waals surface area contributed by atoms with Crippen LogP contribution < -0.4 is 0 Å². The van der Waals surface area contributed by atoms with E-state index in [2.05, 4.69) is 11.1 Å². The minimum absolute atomic E-state index is 0.576. The second kappa shape index (κ2) is 4.66. The van der Waals surface area contributed by atoms with Gasteiger partial charge in [-0.2, -0.15) is 5.26 Å². The van der Waals surface area contributed by atoms with E-state index >= 15 is 0 Å². The van der Waals surface area contributed by atoms with Crippen molar-refractivity contribution in [3.8, 4) is 17.5 Å². The van der Waals surface area contributed by atoms with Crippen LogP contribution in [0, 0.1) is 18.3 Å². The molecule has 0 saturated heterocycles. The highest BCUT2D eigenvalue weighted by Gasteiger charge is 2.14. The second-order valence-electron chi connectivity index (χ2n) is 4.76. The van der Waals surface area contributed by atoms with E-state index in [-0.39, 0.29) is 0 Å². The second-order valence-corrected chi connectivity index (χ2v) is 5.17. The highest BCUT2D eigenvalue weighted by molar-refractivity contribution is 6.33. The molecule has 0 radical (unpaired) electrons. The predicted molar refractivity (Wildman–Crippen MR) is 80.6 cm³/mol. The first-order valence-corrected chi connectivity index (χ1v) is 6.61. The van der Waals surface area contributed by atoms with E-state index in [1.54, 1.807) is 6.07 Å². The maximum Gasteiger partial charge on any atom is 0.142 e. The van der Waals surface area contributed by atoms with Gasteiger partial charge in [0.05, 0.1) is 16.1 Å². The highest BCUT2D eigenvalue weighted by Crippen LogP contribution is 2.31. The van der Waals surface area contributed by atoms with Gasteiger partial charge in [-0.25, -0.2) is 4.98 Å². The summed E-state index contributed by atoms with van der Waals surface area (Å²) in [6, 6.07) is 13.7. The number of para-hydroxylation sites is 1. The number of imidazole rings is 1. The predicted octanol–water partition coefficient (Wildman–Crippen LogP) is 4.07. The van der Waals surface area contributed by atoms with Gasteiger partial charge < -0.3 is 4.57 Å². The Morgan fingerprint density at radius 1 is 1.25 bits per heavy atom. The molecule has 0 fully saturated rings. The molecule has 0 saturated carbocycles. The van der Waals surface area contributed by atoms with Gasteiger partial charge in [0.1, 0.15) is 17.4 Å². The lowest BCUT2D eigenvalue weighted by Gasteiger charge is -2.05. The number of hydrogen-bond acceptors (Lipinski definition) is 2. The summed E-state index contributed by atoms with van der Waals surface area (Å²) in [5.41, 5.74) is 4.20. The first-order valence-electron chi connectivity index (χ1n) is 6.24. The van der Waals surface area contributed by atoms with Gasteiger partial charge >= 0.3 is 0 Å². The Kier molecular flexibility index (Phi) is 2.96. The van der Waals surface area contributed by atoms with Crippen molar-refractivity contribution in [3.63, 3.8) is 0 Å². The molecule has 1 aromatic heterocycles. The SMILES string of the molecule is Cc1ccc(-c2nc3c(C#N)cccc3n2C)c(Cl)c1. The summed E-state index contributed by atoms with van der Waals surface area (Å²) in [7, 11) is 1.93. The number of benzene rings is 2. The maximum absolute atomic E-state index is 9.17. The zero-order valence-electron chi connectivity index (χ0n) is 11.2. The lowest BCUT2D eigenvalue weighted by atomic mass is 10.1. The van der Waals surface area contributed by atoms with Crippen molar-refractivity contribution < 1.29 is 0 Å². The molecule has 3 aromatic rings. The minimum Gasteiger partial charge on any atom is -0.327 e. The third-order valence-electron chi connectivity index (χ3n) is 3.40. The average Bonchev–Trinajstić information content (AvgIpc) is 2.76. The Bertz CT molecular complexity index is 856. The largest absolute Gasteiger partial charge is 0.327 e. The van der Waals surface area contributed by atoms with Gasteiger partial charge in [0.2, 0.25) is 0 Å². The average molecular weight is 282 g/mol. The van der Waals surface area contributed by atoms with Crippen LogP contribution in [0.2, 0.25) is 5.02 Å². The number of fused-ring (bicyclic) bond motifs is 1. The molecular weight excluding hydrogens is 270 g/mol. The summed E-state index contributed by atoms with van der Waals surface area (Å²) in [6.07, 6.45) is 0. The van der Waals surface area contributed by atoms with E-state index in [0.29, 0.717) is 16.1 Å². The van der Waals surface area contributed by atoms with Gasteiger partial charge in [-0.15, -0.1) is 0 Å². The van der Waals surface area contributed by atoms with E-state index in [1.807, 2.05) is 48.9 Å². The van der Waals surface area contributed by atoms with Crippen LogP contribution in [-0.4, -0.2) is 9.55 Å². The standard InChI is InChI=1S/C16H12ClN3/c1-10-6-7-12(13(17)8-10)16-19-15-11(9-18)4-3-5-14(15)20(16)2/h3-8H,1-2H3. The van der Waals surface area contributed by atoms with Crippen molar-refractivity contribution >= 4 is 22.6 Å². The van der Waals surface area contributed by atoms with Crippen molar-refractivity contribution in [2.24, 2.45) is 7.05 Å². The molecule has 0 N–H and O–H groups in total. The van der Waals surface area contributed by atoms with Crippen LogP contribution in [0.1, 0.15) is 11.1 Å². The molecule has 2 aromatic carbocycles. The van der Waals surface area contributed by atoms with Gasteiger partial charge in [0, 0.05) is 12.6 Å². The molecule has 1 heterocycles. The van der Waals surface area contributed by atoms with Crippen molar-refractivity contribution in [2.75, 3.05) is 0 Å². The zero-order valence-corrected chi connectivity index (χ0v) is 11.9. The van der Waals surface area contributed by atoms with Crippen LogP contribution in [0.4, 0.5) is 0 Å². The number of aromatic nitrogens is 2. The summed E-state index contributed by atoms with van der Waals surface area (Å²) in [5, 5.41) is 9.84. The first-order chi connectivity index (χ1) is 9.61. The first kappa shape index (κ1) is 12.7. The van der Waals surface area contributed by atoms with Gasteiger partial charge in [0.15, 0.2) is 0 Å². The molecule has 98 valence electrons. The van der Waals surface area contributed by atoms with Crippen molar-refractivity contribution in [1.29, 1.82) is 5.26 Å². The molecule has 0 spiro atoms. The lowest BCUT2D eigenvalue weighted by molar-refractivity contribution is 0.959. The molecule has 0 amide bonds. The molecule has 3 rings (SSSR count). The Balaban J connectivity index is 2.33. The van der Waals surface area contributed by atoms with Crippen molar-refractivity contribution in [1.82, 2.24) is 9.55 Å². The molecule has 4 heteroatoms. The monoisotopic (exact) mass is 281 g/mol. The smallest absolute Gasteiger partial charge is 0.142 e. The summed E-state index contributed by atoms with van der Waals surface area (Å²) in [4.78, 5) is 4.60. The molecular formula is C16H12ClN3. The van der Waals surface area contributed by atoms with E-state index < -0.39 is 0 Å². The Morgan fingerprint density at radius 3 is 2.75 bits per heavy atom. The molecule has 0 aliphatic rings. The summed E-state index contributed by atoms with van der Waals surface area (Å²) in [6.45, 7) is 2.00. The van der Waals surface area contributed by atoms with E-state index in [9.17, 15) is 5.26 Å². The zero-order chi connectivity index (χ0) is 14.3. The minimum atomic E-state index is 0.576. The fourth-order valence-electron chi connectivity index (χ4n) is 2.35. The highest BCUT2D eigenvalue weighted by atomic mass is 35.5. The number of rotatable bonds is 1. The van der Waals surface area contributed by atoms with E-state index in [4.69, 9.17) is 11.6 Å². The normalized spacial score (nSPS) is 10.7. The molecule has 3 nitrogen and oxygen atoms in total. The molecule has 20 heavy (non-hydrogen) atoms. The van der Waals surface area contributed by atoms with Gasteiger partial charge in [-0.1, -0.05) is 23.7 Å². The van der Waals surface area contributed by atoms with Crippen LogP contribution in [0.5, 0.6) is 0 Å². The number of nitrogens with zero attached hydrogens (tertiary/aromatic N) is 3. The fraction of sp³-hybridized carbons (Fsp3) is 0.125. The maximum atomic E-state index is 9.17. The Labute approximate surface area is 122 Å². The number of aryl methyl sites for hydroxylation is 2. The van der Waals surface area contributed by atoms with Crippen molar-refractivity contribution in [3.05, 3.63) is 52.5 Å². The molecule has 0 unspecified atom stereocenters. The molecule has 0 aliphatic carbocycles. The van der Waals surface area contributed by atoms with Gasteiger partial charge in [-0.05, 0) is 36.8 Å². The van der Waals surface area contributed by atoms with E-state index in [1.165, 1.54) is 0 Å². The van der Waals surface area contributed by atoms with Gasteiger partial charge in [-0.3, -0.25) is 0 Å². The van der Waals surface area contributed by atoms with Crippen LogP contribution in [-0.2, 0) is 7.05 Å². The third kappa shape index (κ3) is 1.86. The van der Waals surface area contributed by atoms with Gasteiger partial charge in [0.25, 0.3) is 0 Å². The number of nitriles is 1. The number of hydrogen-bond donors (Lipinski definition) is 0. The van der Waals surface area contributed by atoms with Crippen LogP contribution in [0.25, 0.3) is 22.4 Å². The van der Waals surface area contributed by atoms with Crippen molar-refractivity contribution in [2.45, 2.75) is 6.92 Å². The molecule has 0 aliphatic heterocycles. The quantitative estimate of drug-likeness (QED) is 0.674. The Morgan fingerprint density at radius 2 is 2.05 bits per heavy atom. The van der Waals surface area contributed by atoms with Crippen LogP contribution in [0.15, 0.2) is 36.4 Å². The van der Waals surface area contributed by atoms with Crippen LogP contribution in [0.3, 0.4) is 0 Å². The lowest BCUT2D eigenvalue weighted by Crippen LogP contribution is -1.93. The summed E-state index contributed by atoms with van der Waals surface area (Å²) >= 11 is 6.32. The molecule has 0 atom stereocenters. The third-order valence-corrected chi connectivity index (χ3v) is 3.71. The Hall–Kier alpha value is -2.31.